The Hall–Kier alpha value is -3.31. The Bertz CT molecular complexity index is 1240. The van der Waals surface area contributed by atoms with E-state index in [1.165, 1.54) is 49.4 Å². The van der Waals surface area contributed by atoms with Crippen LogP contribution < -0.4 is 0 Å². The Morgan fingerprint density at radius 2 is 1.35 bits per heavy atom. The summed E-state index contributed by atoms with van der Waals surface area (Å²) >= 11 is 1.33. The Labute approximate surface area is 204 Å². The van der Waals surface area contributed by atoms with Crippen molar-refractivity contribution < 1.29 is 4.79 Å². The van der Waals surface area contributed by atoms with Gasteiger partial charge in [-0.05, 0) is 24.3 Å². The molecule has 3 aromatic carbocycles. The number of thioether (sulfide) groups is 1. The highest BCUT2D eigenvalue weighted by Gasteiger charge is 2.17. The van der Waals surface area contributed by atoms with E-state index in [2.05, 4.69) is 22.3 Å². The zero-order valence-electron chi connectivity index (χ0n) is 19.1. The number of hydrogen-bond donors (Lipinski definition) is 0. The summed E-state index contributed by atoms with van der Waals surface area (Å²) in [5, 5.41) is 9.33. The molecule has 0 atom stereocenters. The molecule has 0 spiro atoms. The first kappa shape index (κ1) is 22.5. The molecule has 0 saturated heterocycles. The fourth-order valence-corrected chi connectivity index (χ4v) is 5.23. The molecular formula is C29H27N3OS. The van der Waals surface area contributed by atoms with Crippen LogP contribution in [-0.2, 0) is 0 Å². The number of aromatic nitrogens is 3. The van der Waals surface area contributed by atoms with Gasteiger partial charge in [-0.15, -0.1) is 10.2 Å². The number of carbonyl (C=O) groups is 1. The predicted octanol–water partition coefficient (Wildman–Crippen LogP) is 7.23. The lowest BCUT2D eigenvalue weighted by Crippen LogP contribution is -2.07. The summed E-state index contributed by atoms with van der Waals surface area (Å²) in [6.45, 7) is 0. The van der Waals surface area contributed by atoms with Gasteiger partial charge in [-0.2, -0.15) is 0 Å². The van der Waals surface area contributed by atoms with E-state index < -0.39 is 0 Å². The van der Waals surface area contributed by atoms with Gasteiger partial charge in [-0.25, -0.2) is 4.98 Å². The van der Waals surface area contributed by atoms with Gasteiger partial charge in [0.15, 0.2) is 5.78 Å². The summed E-state index contributed by atoms with van der Waals surface area (Å²) in [7, 11) is 0. The minimum atomic E-state index is 0.0807. The average molecular weight is 466 g/mol. The normalized spacial score (nSPS) is 14.1. The molecule has 1 aromatic heterocycles. The third-order valence-electron chi connectivity index (χ3n) is 6.40. The maximum Gasteiger partial charge on any atom is 0.210 e. The fraction of sp³-hybridized carbons (Fsp3) is 0.241. The summed E-state index contributed by atoms with van der Waals surface area (Å²) < 4.78 is 0. The predicted molar refractivity (Wildman–Crippen MR) is 138 cm³/mol. The topological polar surface area (TPSA) is 55.7 Å². The lowest BCUT2D eigenvalue weighted by atomic mass is 9.84. The maximum atomic E-state index is 12.9. The van der Waals surface area contributed by atoms with Crippen molar-refractivity contribution in [1.29, 1.82) is 0 Å². The third kappa shape index (κ3) is 5.26. The zero-order chi connectivity index (χ0) is 23.2. The quantitative estimate of drug-likeness (QED) is 0.213. The van der Waals surface area contributed by atoms with E-state index in [4.69, 9.17) is 4.98 Å². The molecule has 34 heavy (non-hydrogen) atoms. The molecule has 1 heterocycles. The highest BCUT2D eigenvalue weighted by molar-refractivity contribution is 7.99. The van der Waals surface area contributed by atoms with Gasteiger partial charge in [-0.3, -0.25) is 4.79 Å². The van der Waals surface area contributed by atoms with Crippen molar-refractivity contribution in [2.24, 2.45) is 0 Å². The molecule has 5 heteroatoms. The molecule has 170 valence electrons. The van der Waals surface area contributed by atoms with E-state index in [0.29, 0.717) is 11.1 Å². The first-order chi connectivity index (χ1) is 16.8. The number of rotatable bonds is 7. The van der Waals surface area contributed by atoms with Crippen LogP contribution in [0.25, 0.3) is 22.5 Å². The van der Waals surface area contributed by atoms with Crippen LogP contribution in [0.15, 0.2) is 90.1 Å². The molecule has 0 bridgehead atoms. The third-order valence-corrected chi connectivity index (χ3v) is 7.24. The fourth-order valence-electron chi connectivity index (χ4n) is 4.55. The van der Waals surface area contributed by atoms with Gasteiger partial charge in [0.2, 0.25) is 5.16 Å². The van der Waals surface area contributed by atoms with Crippen molar-refractivity contribution in [3.05, 3.63) is 96.1 Å². The van der Waals surface area contributed by atoms with Crippen molar-refractivity contribution in [2.45, 2.75) is 43.2 Å². The SMILES string of the molecule is O=C(CSc1nnc(-c2ccccc2)c(-c2ccccc2)n1)c1ccc(C2CCCCC2)cc1. The first-order valence-electron chi connectivity index (χ1n) is 11.9. The molecule has 1 fully saturated rings. The van der Waals surface area contributed by atoms with Crippen LogP contribution in [0.4, 0.5) is 0 Å². The molecule has 1 saturated carbocycles. The Kier molecular flexibility index (Phi) is 7.10. The molecule has 1 aliphatic carbocycles. The van der Waals surface area contributed by atoms with E-state index in [1.807, 2.05) is 72.8 Å². The molecule has 4 nitrogen and oxygen atoms in total. The first-order valence-corrected chi connectivity index (χ1v) is 12.9. The highest BCUT2D eigenvalue weighted by atomic mass is 32.2. The van der Waals surface area contributed by atoms with Crippen molar-refractivity contribution in [3.8, 4) is 22.5 Å². The van der Waals surface area contributed by atoms with Crippen LogP contribution in [0, 0.1) is 0 Å². The molecule has 0 radical (unpaired) electrons. The molecule has 0 unspecified atom stereocenters. The summed E-state index contributed by atoms with van der Waals surface area (Å²) in [5.41, 5.74) is 5.55. The molecule has 1 aliphatic rings. The van der Waals surface area contributed by atoms with Crippen molar-refractivity contribution in [1.82, 2.24) is 15.2 Å². The van der Waals surface area contributed by atoms with Gasteiger partial charge in [-0.1, -0.05) is 116 Å². The second-order valence-electron chi connectivity index (χ2n) is 8.69. The average Bonchev–Trinajstić information content (AvgIpc) is 2.93. The summed E-state index contributed by atoms with van der Waals surface area (Å²) in [6, 6.07) is 28.1. The monoisotopic (exact) mass is 465 g/mol. The Balaban J connectivity index is 1.32. The van der Waals surface area contributed by atoms with Crippen LogP contribution in [0.2, 0.25) is 0 Å². The minimum absolute atomic E-state index is 0.0807. The maximum absolute atomic E-state index is 12.9. The van der Waals surface area contributed by atoms with Crippen LogP contribution >= 0.6 is 11.8 Å². The van der Waals surface area contributed by atoms with Crippen molar-refractivity contribution >= 4 is 17.5 Å². The summed E-state index contributed by atoms with van der Waals surface area (Å²) in [6.07, 6.45) is 6.49. The zero-order valence-corrected chi connectivity index (χ0v) is 19.9. The Morgan fingerprint density at radius 1 is 0.735 bits per heavy atom. The molecule has 0 aliphatic heterocycles. The summed E-state index contributed by atoms with van der Waals surface area (Å²) in [4.78, 5) is 17.6. The standard InChI is InChI=1S/C29H27N3OS/c33-26(23-18-16-22(17-19-23)21-10-4-1-5-11-21)20-34-29-30-27(24-12-6-2-7-13-24)28(31-32-29)25-14-8-3-9-15-25/h2-3,6-9,12-19,21H,1,4-5,10-11,20H2. The number of hydrogen-bond acceptors (Lipinski definition) is 5. The van der Waals surface area contributed by atoms with Crippen molar-refractivity contribution in [3.63, 3.8) is 0 Å². The largest absolute Gasteiger partial charge is 0.293 e. The number of benzene rings is 3. The van der Waals surface area contributed by atoms with Crippen LogP contribution in [0.3, 0.4) is 0 Å². The van der Waals surface area contributed by atoms with Gasteiger partial charge in [0.05, 0.1) is 5.75 Å². The lowest BCUT2D eigenvalue weighted by Gasteiger charge is -2.22. The molecule has 4 aromatic rings. The van der Waals surface area contributed by atoms with Gasteiger partial charge in [0, 0.05) is 16.7 Å². The van der Waals surface area contributed by atoms with E-state index in [-0.39, 0.29) is 11.5 Å². The molecule has 0 amide bonds. The Morgan fingerprint density at radius 3 is 2.00 bits per heavy atom. The molecule has 0 N–H and O–H groups in total. The smallest absolute Gasteiger partial charge is 0.210 e. The van der Waals surface area contributed by atoms with Gasteiger partial charge in [0.1, 0.15) is 11.4 Å². The number of nitrogens with zero attached hydrogens (tertiary/aromatic N) is 3. The number of ketones is 1. The van der Waals surface area contributed by atoms with Crippen LogP contribution in [-0.4, -0.2) is 26.7 Å². The van der Waals surface area contributed by atoms with Crippen LogP contribution in [0.1, 0.15) is 53.9 Å². The van der Waals surface area contributed by atoms with Crippen LogP contribution in [0.5, 0.6) is 0 Å². The lowest BCUT2D eigenvalue weighted by molar-refractivity contribution is 0.102. The number of Topliss-reactive ketones (excluding diaryl/α,β-unsaturated/α-hetero) is 1. The second kappa shape index (κ2) is 10.7. The van der Waals surface area contributed by atoms with Gasteiger partial charge in [0.25, 0.3) is 0 Å². The van der Waals surface area contributed by atoms with E-state index >= 15 is 0 Å². The van der Waals surface area contributed by atoms with Crippen molar-refractivity contribution in [2.75, 3.05) is 5.75 Å². The second-order valence-corrected chi connectivity index (χ2v) is 9.63. The van der Waals surface area contributed by atoms with E-state index in [1.54, 1.807) is 0 Å². The minimum Gasteiger partial charge on any atom is -0.293 e. The van der Waals surface area contributed by atoms with E-state index in [9.17, 15) is 4.79 Å². The van der Waals surface area contributed by atoms with Gasteiger partial charge < -0.3 is 0 Å². The van der Waals surface area contributed by atoms with E-state index in [0.717, 1.165) is 28.1 Å². The number of carbonyl (C=O) groups excluding carboxylic acids is 1. The highest BCUT2D eigenvalue weighted by Crippen LogP contribution is 2.33. The molecular weight excluding hydrogens is 438 g/mol. The molecule has 5 rings (SSSR count). The van der Waals surface area contributed by atoms with Gasteiger partial charge >= 0.3 is 0 Å². The summed E-state index contributed by atoms with van der Waals surface area (Å²) in [5.74, 6) is 1.01.